The van der Waals surface area contributed by atoms with Crippen molar-refractivity contribution in [2.45, 2.75) is 0 Å². The molecule has 0 fully saturated rings. The first-order valence-corrected chi connectivity index (χ1v) is 3.89. The SMILES string of the molecule is O=C1C=CC=I1. The van der Waals surface area contributed by atoms with Crippen molar-refractivity contribution in [1.29, 1.82) is 0 Å². The van der Waals surface area contributed by atoms with E-state index in [0.717, 1.165) is 0 Å². The number of halogens is 1. The molecule has 1 rings (SSSR count). The summed E-state index contributed by atoms with van der Waals surface area (Å²) in [6, 6.07) is 0. The van der Waals surface area contributed by atoms with Gasteiger partial charge in [-0.2, -0.15) is 0 Å². The first-order chi connectivity index (χ1) is 2.89. The fraction of sp³-hybridized carbons (Fsp3) is 0. The van der Waals surface area contributed by atoms with E-state index >= 15 is 0 Å². The molecule has 0 bridgehead atoms. The first-order valence-electron chi connectivity index (χ1n) is 1.57. The summed E-state index contributed by atoms with van der Waals surface area (Å²) >= 11 is -0.196. The minimum absolute atomic E-state index is 0.196. The van der Waals surface area contributed by atoms with Gasteiger partial charge in [-0.25, -0.2) is 0 Å². The quantitative estimate of drug-likeness (QED) is 0.412. The Hall–Kier alpha value is 0.01000. The highest BCUT2D eigenvalue weighted by Crippen LogP contribution is 2.03. The molecule has 0 saturated heterocycles. The Labute approximate surface area is 45.8 Å². The van der Waals surface area contributed by atoms with Crippen LogP contribution >= 0.6 is 20.7 Å². The topological polar surface area (TPSA) is 17.1 Å². The van der Waals surface area contributed by atoms with E-state index in [9.17, 15) is 4.79 Å². The standard InChI is InChI=1S/C4H3IO/c6-4-2-1-3-5-4/h1-3H. The maximum absolute atomic E-state index is 10.2. The van der Waals surface area contributed by atoms with Gasteiger partial charge in [0.05, 0.1) is 0 Å². The van der Waals surface area contributed by atoms with E-state index in [4.69, 9.17) is 0 Å². The third-order valence-electron chi connectivity index (χ3n) is 0.471. The number of rotatable bonds is 0. The summed E-state index contributed by atoms with van der Waals surface area (Å²) in [6.45, 7) is 0. The van der Waals surface area contributed by atoms with Gasteiger partial charge < -0.3 is 0 Å². The van der Waals surface area contributed by atoms with Crippen LogP contribution in [0.15, 0.2) is 12.2 Å². The minimum Gasteiger partial charge on any atom is -0.283 e. The Kier molecular flexibility index (Phi) is 1.14. The van der Waals surface area contributed by atoms with Crippen molar-refractivity contribution >= 4 is 28.5 Å². The Balaban J connectivity index is 2.86. The lowest BCUT2D eigenvalue weighted by molar-refractivity contribution is -0.105. The lowest BCUT2D eigenvalue weighted by Gasteiger charge is -1.61. The first kappa shape index (κ1) is 4.18. The second-order valence-corrected chi connectivity index (χ2v) is 3.30. The molecule has 0 N–H and O–H groups in total. The van der Waals surface area contributed by atoms with Gasteiger partial charge in [-0.15, -0.1) is 0 Å². The molecule has 1 aliphatic heterocycles. The molecule has 0 amide bonds. The zero-order chi connectivity index (χ0) is 4.41. The molecule has 32 valence electrons. The fourth-order valence-corrected chi connectivity index (χ4v) is 1.43. The van der Waals surface area contributed by atoms with Crippen LogP contribution in [0.2, 0.25) is 0 Å². The van der Waals surface area contributed by atoms with E-state index in [1.165, 1.54) is 0 Å². The minimum atomic E-state index is -0.196. The van der Waals surface area contributed by atoms with Crippen LogP contribution in [0.25, 0.3) is 0 Å². The van der Waals surface area contributed by atoms with Crippen molar-refractivity contribution in [1.82, 2.24) is 0 Å². The van der Waals surface area contributed by atoms with E-state index in [2.05, 4.69) is 0 Å². The Morgan fingerprint density at radius 1 is 1.67 bits per heavy atom. The number of hydrogen-bond acceptors (Lipinski definition) is 1. The van der Waals surface area contributed by atoms with Crippen LogP contribution in [0, 0.1) is 0 Å². The van der Waals surface area contributed by atoms with E-state index in [1.807, 2.05) is 10.1 Å². The Morgan fingerprint density at radius 2 is 2.50 bits per heavy atom. The van der Waals surface area contributed by atoms with E-state index in [-0.39, 0.29) is 20.7 Å². The molecule has 1 aliphatic rings. The maximum atomic E-state index is 10.2. The lowest BCUT2D eigenvalue weighted by Crippen LogP contribution is -1.66. The number of allylic oxidation sites excluding steroid dienone is 2. The second kappa shape index (κ2) is 1.64. The summed E-state index contributed by atoms with van der Waals surface area (Å²) in [5, 5.41) is 0. The number of carbonyl (C=O) groups excluding carboxylic acids is 1. The van der Waals surface area contributed by atoms with Crippen LogP contribution in [0.4, 0.5) is 0 Å². The van der Waals surface area contributed by atoms with Gasteiger partial charge >= 0.3 is 0 Å². The van der Waals surface area contributed by atoms with Gasteiger partial charge in [-0.05, 0) is 30.8 Å². The number of hydrogen-bond donors (Lipinski definition) is 0. The molecule has 1 nitrogen and oxygen atoms in total. The molecule has 6 heavy (non-hydrogen) atoms. The van der Waals surface area contributed by atoms with Gasteiger partial charge in [0.15, 0.2) is 0 Å². The molecule has 0 aromatic carbocycles. The molecular weight excluding hydrogens is 191 g/mol. The molecule has 0 radical (unpaired) electrons. The van der Waals surface area contributed by atoms with Gasteiger partial charge in [0.1, 0.15) is 0 Å². The van der Waals surface area contributed by atoms with Crippen LogP contribution in [0.3, 0.4) is 0 Å². The Bertz CT molecular complexity index is 110. The lowest BCUT2D eigenvalue weighted by atomic mass is 10.6. The summed E-state index contributed by atoms with van der Waals surface area (Å²) in [6.07, 6.45) is 3.46. The van der Waals surface area contributed by atoms with E-state index in [1.54, 1.807) is 6.08 Å². The van der Waals surface area contributed by atoms with Crippen molar-refractivity contribution in [2.24, 2.45) is 0 Å². The molecular formula is C4H3IO. The average molecular weight is 194 g/mol. The van der Waals surface area contributed by atoms with Crippen molar-refractivity contribution in [2.75, 3.05) is 0 Å². The van der Waals surface area contributed by atoms with Crippen LogP contribution in [0.1, 0.15) is 0 Å². The van der Waals surface area contributed by atoms with E-state index in [0.29, 0.717) is 3.79 Å². The molecule has 2 heteroatoms. The highest BCUT2D eigenvalue weighted by atomic mass is 127. The van der Waals surface area contributed by atoms with Gasteiger partial charge in [-0.1, -0.05) is 6.08 Å². The van der Waals surface area contributed by atoms with Crippen LogP contribution < -0.4 is 0 Å². The van der Waals surface area contributed by atoms with E-state index < -0.39 is 0 Å². The van der Waals surface area contributed by atoms with Crippen molar-refractivity contribution in [3.8, 4) is 0 Å². The predicted molar refractivity (Wildman–Crippen MR) is 34.2 cm³/mol. The zero-order valence-corrected chi connectivity index (χ0v) is 5.18. The van der Waals surface area contributed by atoms with Crippen molar-refractivity contribution in [3.63, 3.8) is 0 Å². The van der Waals surface area contributed by atoms with Gasteiger partial charge in [0, 0.05) is 0 Å². The summed E-state index contributed by atoms with van der Waals surface area (Å²) in [5.74, 6) is 0. The Morgan fingerprint density at radius 3 is 2.67 bits per heavy atom. The molecule has 0 aliphatic carbocycles. The molecule has 0 atom stereocenters. The zero-order valence-electron chi connectivity index (χ0n) is 3.02. The van der Waals surface area contributed by atoms with Crippen molar-refractivity contribution < 1.29 is 4.79 Å². The molecule has 0 saturated carbocycles. The molecule has 1 heterocycles. The summed E-state index contributed by atoms with van der Waals surface area (Å²) in [4.78, 5) is 10.2. The van der Waals surface area contributed by atoms with Gasteiger partial charge in [0.25, 0.3) is 0 Å². The third kappa shape index (κ3) is 0.739. The summed E-state index contributed by atoms with van der Waals surface area (Å²) < 4.78 is 2.29. The van der Waals surface area contributed by atoms with Crippen molar-refractivity contribution in [3.05, 3.63) is 12.2 Å². The second-order valence-electron chi connectivity index (χ2n) is 0.898. The summed E-state index contributed by atoms with van der Waals surface area (Å²) in [5.41, 5.74) is 0. The molecule has 0 aromatic heterocycles. The smallest absolute Gasteiger partial charge is 0.209 e. The third-order valence-corrected chi connectivity index (χ3v) is 2.22. The highest BCUT2D eigenvalue weighted by Gasteiger charge is 1.89. The van der Waals surface area contributed by atoms with Crippen LogP contribution in [0.5, 0.6) is 0 Å². The average Bonchev–Trinajstić information content (AvgIpc) is 1.86. The summed E-state index contributed by atoms with van der Waals surface area (Å²) in [7, 11) is 0. The molecule has 0 unspecified atom stereocenters. The van der Waals surface area contributed by atoms with Crippen LogP contribution in [-0.4, -0.2) is 7.80 Å². The molecule has 0 aromatic rings. The van der Waals surface area contributed by atoms with Gasteiger partial charge in [0.2, 0.25) is 3.79 Å². The normalized spacial score (nSPS) is 18.3. The maximum Gasteiger partial charge on any atom is 0.209 e. The highest BCUT2D eigenvalue weighted by molar-refractivity contribution is 14.2. The largest absolute Gasteiger partial charge is 0.283 e. The fourth-order valence-electron chi connectivity index (χ4n) is 0.247. The molecule has 0 spiro atoms. The number of carbonyl (C=O) groups is 1. The van der Waals surface area contributed by atoms with Crippen LogP contribution in [-0.2, 0) is 4.79 Å². The monoisotopic (exact) mass is 194 g/mol. The predicted octanol–water partition coefficient (Wildman–Crippen LogP) is 0.856. The van der Waals surface area contributed by atoms with Gasteiger partial charge in [-0.3, -0.25) is 4.79 Å².